The van der Waals surface area contributed by atoms with Gasteiger partial charge in [0.2, 0.25) is 0 Å². The normalized spacial score (nSPS) is 14.7. The van der Waals surface area contributed by atoms with E-state index in [0.717, 1.165) is 104 Å². The quantitative estimate of drug-likeness (QED) is 0.0524. The van der Waals surface area contributed by atoms with Crippen molar-refractivity contribution in [1.82, 2.24) is 59.9 Å². The zero-order valence-electron chi connectivity index (χ0n) is 50.1. The van der Waals surface area contributed by atoms with E-state index >= 15 is 0 Å². The van der Waals surface area contributed by atoms with Gasteiger partial charge >= 0.3 is 25.6 Å². The largest absolute Gasteiger partial charge is 0.569 e. The zero-order chi connectivity index (χ0) is 64.9. The number of allylic oxidation sites excluding steroid dienone is 1. The summed E-state index contributed by atoms with van der Waals surface area (Å²) in [6.45, 7) is 2.43. The number of esters is 3. The molecule has 483 valence electrons. The first-order valence-electron chi connectivity index (χ1n) is 28.6. The minimum atomic E-state index is -0.752. The van der Waals surface area contributed by atoms with E-state index in [1.807, 2.05) is 41.1 Å². The minimum Gasteiger partial charge on any atom is -0.535 e. The first-order chi connectivity index (χ1) is 44.8. The van der Waals surface area contributed by atoms with Crippen LogP contribution < -0.4 is 4.65 Å². The molecule has 1 radical (unpaired) electrons. The number of carbonyl (C=O) groups excluding carboxylic acids is 3. The number of hydrogen-bond acceptors (Lipinski definition) is 19. The van der Waals surface area contributed by atoms with E-state index in [0.29, 0.717) is 36.7 Å². The monoisotopic (exact) mass is 1520 g/mol. The summed E-state index contributed by atoms with van der Waals surface area (Å²) in [7, 11) is 4.07. The molecule has 23 nitrogen and oxygen atoms in total. The van der Waals surface area contributed by atoms with Gasteiger partial charge in [-0.15, -0.1) is 12.4 Å². The summed E-state index contributed by atoms with van der Waals surface area (Å²) in [6.07, 6.45) is 19.3. The molecule has 0 amide bonds. The first-order valence-corrected chi connectivity index (χ1v) is 30.8. The predicted molar refractivity (Wildman–Crippen MR) is 357 cm³/mol. The molecule has 11 heterocycles. The fraction of sp³-hybridized carbons (Fsp3) is 0.254. The van der Waals surface area contributed by atoms with E-state index < -0.39 is 35.4 Å². The van der Waals surface area contributed by atoms with Crippen molar-refractivity contribution in [2.75, 3.05) is 41.2 Å². The number of H-pyrrole nitrogens is 2. The fourth-order valence-electron chi connectivity index (χ4n) is 9.51. The second-order valence-corrected chi connectivity index (χ2v) is 22.0. The molecule has 93 heavy (non-hydrogen) atoms. The van der Waals surface area contributed by atoms with Crippen LogP contribution >= 0.6 is 57.6 Å². The lowest BCUT2D eigenvalue weighted by Gasteiger charge is -2.23. The smallest absolute Gasteiger partial charge is 0.535 e. The SMILES string of the molecule is C1=COCCC1.COC(=O)c1ccc(-c2n[nH]c3cccnc23)c(F)c1.COC(=O)c1ccc(-c2nn(C3CCCCO3)c3cccnc23)c(F)c1.COC(=O)c1ccc(O[B]O)c(F)c1.Cl.Ic1[nH]nc2cccnc12.Ic1nn(C2CCCCO2)c2cccnc12. The minimum absolute atomic E-state index is 0. The molecule has 2 fully saturated rings. The molecule has 0 bridgehead atoms. The number of ether oxygens (including phenoxy) is 6. The van der Waals surface area contributed by atoms with Crippen LogP contribution in [0.25, 0.3) is 66.6 Å². The summed E-state index contributed by atoms with van der Waals surface area (Å²) < 4.78 is 82.1. The van der Waals surface area contributed by atoms with Crippen LogP contribution in [0.5, 0.6) is 5.75 Å². The van der Waals surface area contributed by atoms with Crippen molar-refractivity contribution in [2.45, 2.75) is 63.8 Å². The Bertz CT molecular complexity index is 4330. The Kier molecular flexibility index (Phi) is 26.3. The standard InChI is InChI=1S/C19H18FN3O3.C14H10FN3O2.C11H12IN3O.C8H7BFO4.C6H4IN3.C5H8O.ClH/c1-25-19(24)12-7-8-13(14(20)11-12)17-18-15(5-4-9-21-18)23(22-17)16-6-2-3-10-26-16;1-20-14(19)8-4-5-9(10(15)7-8)12-13-11(17-18-12)3-2-6-16-13;12-11-10-8(4-3-6-13-10)15(14-11)9-5-1-2-7-16-9;1-13-8(11)5-2-3-7(14-9-12)6(10)4-5;7-6-5-4(9-10-6)2-1-3-8-5;1-2-4-6-5-3-1;/h4-5,7-9,11,16H,2-3,6,10H2,1H3;2-7H,1H3,(H,17,18);3-4,6,9H,1-2,5,7H2;2-4,12H,1H3;1-3H,(H,9,10);2,4H,1,3,5H2;1H. The van der Waals surface area contributed by atoms with Gasteiger partial charge in [-0.25, -0.2) is 36.9 Å². The molecule has 2 atom stereocenters. The number of nitrogens with one attached hydrogen (secondary N) is 2. The Morgan fingerprint density at radius 2 is 1.12 bits per heavy atom. The Balaban J connectivity index is 0.000000150. The van der Waals surface area contributed by atoms with Gasteiger partial charge < -0.3 is 38.1 Å². The van der Waals surface area contributed by atoms with Gasteiger partial charge in [-0.1, -0.05) is 0 Å². The molecule has 0 aliphatic carbocycles. The maximum Gasteiger partial charge on any atom is 0.569 e. The van der Waals surface area contributed by atoms with Crippen LogP contribution in [0.1, 0.15) is 94.9 Å². The molecule has 30 heteroatoms. The molecular weight excluding hydrogens is 1460 g/mol. The van der Waals surface area contributed by atoms with Crippen LogP contribution in [0.2, 0.25) is 0 Å². The molecule has 0 spiro atoms. The first kappa shape index (κ1) is 70.2. The molecule has 14 rings (SSSR count). The van der Waals surface area contributed by atoms with Crippen LogP contribution in [0.3, 0.4) is 0 Å². The third-order valence-electron chi connectivity index (χ3n) is 14.0. The fourth-order valence-corrected chi connectivity index (χ4v) is 10.7. The highest BCUT2D eigenvalue weighted by Crippen LogP contribution is 2.34. The summed E-state index contributed by atoms with van der Waals surface area (Å²) in [5.74, 6) is -3.82. The topological polar surface area (TPSA) is 281 Å². The van der Waals surface area contributed by atoms with Gasteiger partial charge in [0.1, 0.15) is 63.8 Å². The third-order valence-corrected chi connectivity index (χ3v) is 15.5. The number of benzene rings is 3. The van der Waals surface area contributed by atoms with Crippen molar-refractivity contribution < 1.29 is 65.7 Å². The lowest BCUT2D eigenvalue weighted by Crippen LogP contribution is -2.19. The van der Waals surface area contributed by atoms with Crippen LogP contribution in [-0.2, 0) is 28.4 Å². The molecule has 2 saturated heterocycles. The molecule has 3 aliphatic heterocycles. The maximum absolute atomic E-state index is 14.7. The number of methoxy groups -OCH3 is 3. The summed E-state index contributed by atoms with van der Waals surface area (Å²) in [4.78, 5) is 51.0. The number of halogens is 6. The Hall–Kier alpha value is -8.63. The summed E-state index contributed by atoms with van der Waals surface area (Å²) >= 11 is 4.40. The van der Waals surface area contributed by atoms with E-state index in [2.05, 4.69) is 121 Å². The number of rotatable bonds is 9. The second kappa shape index (κ2) is 34.9. The van der Waals surface area contributed by atoms with Gasteiger partial charge in [0.25, 0.3) is 0 Å². The van der Waals surface area contributed by atoms with Gasteiger partial charge in [-0.05, 0) is 206 Å². The van der Waals surface area contributed by atoms with E-state index in [9.17, 15) is 27.6 Å². The van der Waals surface area contributed by atoms with Gasteiger partial charge in [0.05, 0.1) is 67.4 Å². The number of pyridine rings is 4. The van der Waals surface area contributed by atoms with Crippen LogP contribution in [0.4, 0.5) is 13.2 Å². The average Bonchev–Trinajstić information content (AvgIpc) is 1.66. The predicted octanol–water partition coefficient (Wildman–Crippen LogP) is 12.8. The summed E-state index contributed by atoms with van der Waals surface area (Å²) in [6, 6.07) is 26.9. The molecular formula is C63H60BClF3I2N12O11. The molecule has 0 saturated carbocycles. The molecule has 3 aliphatic rings. The maximum atomic E-state index is 14.7. The highest BCUT2D eigenvalue weighted by molar-refractivity contribution is 14.1. The molecule has 8 aromatic heterocycles. The van der Waals surface area contributed by atoms with Crippen molar-refractivity contribution in [3.8, 4) is 28.3 Å². The zero-order valence-corrected chi connectivity index (χ0v) is 55.2. The number of fused-ring (bicyclic) bond motifs is 4. The highest BCUT2D eigenvalue weighted by Gasteiger charge is 2.25. The summed E-state index contributed by atoms with van der Waals surface area (Å²) in [5, 5.41) is 31.1. The molecule has 3 aromatic carbocycles. The molecule has 3 N–H and O–H groups in total. The van der Waals surface area contributed by atoms with E-state index in [-0.39, 0.29) is 58.4 Å². The van der Waals surface area contributed by atoms with Gasteiger partial charge in [0.15, 0.2) is 18.3 Å². The van der Waals surface area contributed by atoms with Crippen LogP contribution in [-0.4, -0.2) is 132 Å². The highest BCUT2D eigenvalue weighted by atomic mass is 127. The number of nitrogens with zero attached hydrogens (tertiary/aromatic N) is 10. The van der Waals surface area contributed by atoms with E-state index in [1.54, 1.807) is 47.9 Å². The number of aromatic amines is 2. The molecule has 2 unspecified atom stereocenters. The van der Waals surface area contributed by atoms with Crippen molar-refractivity contribution in [3.05, 3.63) is 182 Å². The van der Waals surface area contributed by atoms with Crippen LogP contribution in [0.15, 0.2) is 140 Å². The Morgan fingerprint density at radius 1 is 0.591 bits per heavy atom. The van der Waals surface area contributed by atoms with Crippen molar-refractivity contribution in [2.24, 2.45) is 0 Å². The Labute approximate surface area is 564 Å². The van der Waals surface area contributed by atoms with E-state index in [1.165, 1.54) is 77.0 Å². The number of aromatic nitrogens is 12. The van der Waals surface area contributed by atoms with Gasteiger partial charge in [-0.3, -0.25) is 30.1 Å². The van der Waals surface area contributed by atoms with Gasteiger partial charge in [-0.2, -0.15) is 20.4 Å². The third kappa shape index (κ3) is 18.0. The number of carbonyl (C=O) groups is 3. The van der Waals surface area contributed by atoms with Crippen molar-refractivity contribution in [3.63, 3.8) is 0 Å². The lowest BCUT2D eigenvalue weighted by molar-refractivity contribution is -0.0369. The summed E-state index contributed by atoms with van der Waals surface area (Å²) in [5.41, 5.74) is 8.41. The Morgan fingerprint density at radius 3 is 1.62 bits per heavy atom. The van der Waals surface area contributed by atoms with Crippen LogP contribution in [0, 0.1) is 24.9 Å². The second-order valence-electron chi connectivity index (χ2n) is 19.9. The lowest BCUT2D eigenvalue weighted by atomic mass is 10.1. The van der Waals surface area contributed by atoms with E-state index in [4.69, 9.17) is 19.2 Å². The van der Waals surface area contributed by atoms with Crippen molar-refractivity contribution >= 4 is 127 Å². The number of hydrogen-bond donors (Lipinski definition) is 3. The molecule has 11 aromatic rings. The van der Waals surface area contributed by atoms with Gasteiger partial charge in [0, 0.05) is 49.1 Å². The average molecular weight is 1520 g/mol. The van der Waals surface area contributed by atoms with Crippen molar-refractivity contribution in [1.29, 1.82) is 0 Å².